The second-order valence-electron chi connectivity index (χ2n) is 9.64. The van der Waals surface area contributed by atoms with Crippen molar-refractivity contribution in [3.05, 3.63) is 87.2 Å². The number of likely N-dealkylation sites (tertiary alicyclic amines) is 1. The van der Waals surface area contributed by atoms with Crippen LogP contribution in [0, 0.1) is 6.92 Å². The highest BCUT2D eigenvalue weighted by molar-refractivity contribution is 7.09. The van der Waals surface area contributed by atoms with Crippen molar-refractivity contribution in [2.75, 3.05) is 6.54 Å². The van der Waals surface area contributed by atoms with Crippen LogP contribution in [0.25, 0.3) is 11.5 Å². The Balaban J connectivity index is 1.46. The number of aryl methyl sites for hydroxylation is 1. The predicted molar refractivity (Wildman–Crippen MR) is 140 cm³/mol. The van der Waals surface area contributed by atoms with Crippen LogP contribution in [0.3, 0.4) is 0 Å². The van der Waals surface area contributed by atoms with E-state index in [1.54, 1.807) is 28.4 Å². The van der Waals surface area contributed by atoms with Gasteiger partial charge in [-0.15, -0.1) is 21.5 Å². The maximum atomic E-state index is 13.6. The molecule has 2 amide bonds. The number of nitrogens with two attached hydrogens (primary N) is 2. The molecule has 2 aromatic carbocycles. The molecule has 4 aromatic rings. The number of rotatable bonds is 7. The molecule has 5 rings (SSSR count). The van der Waals surface area contributed by atoms with Gasteiger partial charge in [-0.25, -0.2) is 4.98 Å². The van der Waals surface area contributed by atoms with Gasteiger partial charge in [-0.1, -0.05) is 30.3 Å². The first kappa shape index (κ1) is 24.8. The lowest BCUT2D eigenvalue weighted by Crippen LogP contribution is -2.35. The van der Waals surface area contributed by atoms with Crippen molar-refractivity contribution in [2.24, 2.45) is 11.5 Å². The van der Waals surface area contributed by atoms with Crippen LogP contribution in [-0.2, 0) is 12.0 Å². The van der Waals surface area contributed by atoms with Gasteiger partial charge in [-0.2, -0.15) is 0 Å². The maximum Gasteiger partial charge on any atom is 0.254 e. The van der Waals surface area contributed by atoms with Gasteiger partial charge < -0.3 is 20.8 Å². The van der Waals surface area contributed by atoms with E-state index in [9.17, 15) is 9.59 Å². The van der Waals surface area contributed by atoms with Crippen molar-refractivity contribution >= 4 is 23.2 Å². The first-order valence-corrected chi connectivity index (χ1v) is 12.9. The van der Waals surface area contributed by atoms with E-state index in [0.717, 1.165) is 29.1 Å². The molecule has 1 fully saturated rings. The minimum atomic E-state index is -0.916. The van der Waals surface area contributed by atoms with Gasteiger partial charge in [0.2, 0.25) is 17.7 Å². The minimum absolute atomic E-state index is 0.0992. The molecule has 1 unspecified atom stereocenters. The second-order valence-corrected chi connectivity index (χ2v) is 10.5. The molecule has 4 N–H and O–H groups in total. The number of amides is 2. The van der Waals surface area contributed by atoms with Gasteiger partial charge in [0, 0.05) is 34.3 Å². The lowest BCUT2D eigenvalue weighted by molar-refractivity contribution is 0.0735. The summed E-state index contributed by atoms with van der Waals surface area (Å²) in [5.41, 5.74) is 14.1. The summed E-state index contributed by atoms with van der Waals surface area (Å²) in [6, 6.07) is 14.4. The molecule has 2 aromatic heterocycles. The van der Waals surface area contributed by atoms with Crippen molar-refractivity contribution in [1.82, 2.24) is 20.1 Å². The molecule has 10 heteroatoms. The normalized spacial score (nSPS) is 17.1. The van der Waals surface area contributed by atoms with E-state index >= 15 is 0 Å². The first-order chi connectivity index (χ1) is 17.7. The van der Waals surface area contributed by atoms with E-state index in [2.05, 4.69) is 15.2 Å². The van der Waals surface area contributed by atoms with Crippen molar-refractivity contribution in [3.8, 4) is 11.5 Å². The topological polar surface area (TPSA) is 141 Å². The van der Waals surface area contributed by atoms with Gasteiger partial charge in [-0.05, 0) is 56.9 Å². The monoisotopic (exact) mass is 516 g/mol. The van der Waals surface area contributed by atoms with E-state index in [-0.39, 0.29) is 29.3 Å². The quantitative estimate of drug-likeness (QED) is 0.378. The molecule has 37 heavy (non-hydrogen) atoms. The molecule has 0 aliphatic carbocycles. The molecule has 1 saturated heterocycles. The average molecular weight is 517 g/mol. The van der Waals surface area contributed by atoms with Gasteiger partial charge in [0.1, 0.15) is 5.01 Å². The summed E-state index contributed by atoms with van der Waals surface area (Å²) in [4.78, 5) is 32.2. The van der Waals surface area contributed by atoms with Crippen LogP contribution in [0.5, 0.6) is 0 Å². The fraction of sp³-hybridized carbons (Fsp3) is 0.296. The maximum absolute atomic E-state index is 13.6. The molecule has 0 bridgehead atoms. The van der Waals surface area contributed by atoms with Crippen molar-refractivity contribution < 1.29 is 14.0 Å². The zero-order chi connectivity index (χ0) is 26.2. The number of hydrogen-bond acceptors (Lipinski definition) is 8. The minimum Gasteiger partial charge on any atom is -0.419 e. The Labute approximate surface area is 218 Å². The van der Waals surface area contributed by atoms with E-state index in [4.69, 9.17) is 15.9 Å². The Morgan fingerprint density at radius 1 is 1.16 bits per heavy atom. The Morgan fingerprint density at radius 2 is 1.92 bits per heavy atom. The number of aromatic nitrogens is 3. The molecular weight excluding hydrogens is 488 g/mol. The summed E-state index contributed by atoms with van der Waals surface area (Å²) in [7, 11) is 0. The third-order valence-electron chi connectivity index (χ3n) is 6.47. The van der Waals surface area contributed by atoms with Gasteiger partial charge in [-0.3, -0.25) is 9.59 Å². The smallest absolute Gasteiger partial charge is 0.254 e. The van der Waals surface area contributed by atoms with E-state index < -0.39 is 11.4 Å². The third kappa shape index (κ3) is 5.16. The molecule has 9 nitrogen and oxygen atoms in total. The van der Waals surface area contributed by atoms with Crippen LogP contribution in [0.4, 0.5) is 0 Å². The molecule has 3 heterocycles. The standard InChI is InChI=1S/C27H28N6O3S/c1-16-15-37-24(30-16)21-9-6-10-33(21)25(35)20-12-18(22(28)34)11-19(13-20)23-31-32-26(36-23)27(2,29)14-17-7-4-3-5-8-17/h3-5,7-8,11-13,15,21H,6,9-10,14,29H2,1-2H3,(H2,28,34)/t21-,27?/m1/s1. The highest BCUT2D eigenvalue weighted by Gasteiger charge is 2.33. The molecule has 2 atom stereocenters. The molecule has 0 radical (unpaired) electrons. The molecule has 1 aliphatic rings. The Bertz CT molecular complexity index is 1450. The summed E-state index contributed by atoms with van der Waals surface area (Å²) in [6.45, 7) is 4.36. The van der Waals surface area contributed by atoms with Gasteiger partial charge in [0.05, 0.1) is 11.6 Å². The van der Waals surface area contributed by atoms with Gasteiger partial charge in [0.25, 0.3) is 5.91 Å². The fourth-order valence-electron chi connectivity index (χ4n) is 4.64. The van der Waals surface area contributed by atoms with Crippen molar-refractivity contribution in [3.63, 3.8) is 0 Å². The Kier molecular flexibility index (Phi) is 6.61. The van der Waals surface area contributed by atoms with Crippen LogP contribution in [-0.4, -0.2) is 38.4 Å². The molecular formula is C27H28N6O3S. The highest BCUT2D eigenvalue weighted by atomic mass is 32.1. The number of carbonyl (C=O) groups excluding carboxylic acids is 2. The number of primary amides is 1. The second kappa shape index (κ2) is 9.87. The first-order valence-electron chi connectivity index (χ1n) is 12.1. The number of nitrogens with zero attached hydrogens (tertiary/aromatic N) is 4. The molecule has 190 valence electrons. The Morgan fingerprint density at radius 3 is 2.62 bits per heavy atom. The van der Waals surface area contributed by atoms with Crippen LogP contribution in [0.1, 0.15) is 68.7 Å². The largest absolute Gasteiger partial charge is 0.419 e. The average Bonchev–Trinajstić information content (AvgIpc) is 3.64. The summed E-state index contributed by atoms with van der Waals surface area (Å²) >= 11 is 1.55. The van der Waals surface area contributed by atoms with Crippen LogP contribution in [0.15, 0.2) is 58.3 Å². The van der Waals surface area contributed by atoms with Crippen molar-refractivity contribution in [2.45, 2.75) is 44.7 Å². The number of thiazole rings is 1. The summed E-state index contributed by atoms with van der Waals surface area (Å²) in [5.74, 6) is -0.447. The van der Waals surface area contributed by atoms with E-state index in [1.807, 2.05) is 49.6 Å². The number of hydrogen-bond donors (Lipinski definition) is 2. The van der Waals surface area contributed by atoms with E-state index in [1.165, 1.54) is 6.07 Å². The van der Waals surface area contributed by atoms with Gasteiger partial charge >= 0.3 is 0 Å². The molecule has 0 spiro atoms. The molecule has 0 saturated carbocycles. The number of carbonyl (C=O) groups is 2. The highest BCUT2D eigenvalue weighted by Crippen LogP contribution is 2.35. The van der Waals surface area contributed by atoms with Gasteiger partial charge in [0.15, 0.2) is 0 Å². The zero-order valence-electron chi connectivity index (χ0n) is 20.7. The van der Waals surface area contributed by atoms with Crippen LogP contribution >= 0.6 is 11.3 Å². The summed E-state index contributed by atoms with van der Waals surface area (Å²) < 4.78 is 5.96. The fourth-order valence-corrected chi connectivity index (χ4v) is 5.58. The predicted octanol–water partition coefficient (Wildman–Crippen LogP) is 3.99. The lowest BCUT2D eigenvalue weighted by atomic mass is 9.94. The summed E-state index contributed by atoms with van der Waals surface area (Å²) in [5, 5.41) is 11.3. The van der Waals surface area contributed by atoms with Crippen LogP contribution in [0.2, 0.25) is 0 Å². The SMILES string of the molecule is Cc1csc([C@H]2CCCN2C(=O)c2cc(C(N)=O)cc(-c3nnc(C(C)(N)Cc4ccccc4)o3)c2)n1. The Hall–Kier alpha value is -3.89. The van der Waals surface area contributed by atoms with Crippen molar-refractivity contribution in [1.29, 1.82) is 0 Å². The van der Waals surface area contributed by atoms with Crippen LogP contribution < -0.4 is 11.5 Å². The number of benzene rings is 2. The summed E-state index contributed by atoms with van der Waals surface area (Å²) in [6.07, 6.45) is 2.21. The lowest BCUT2D eigenvalue weighted by Gasteiger charge is -2.23. The zero-order valence-corrected chi connectivity index (χ0v) is 21.5. The van der Waals surface area contributed by atoms with E-state index in [0.29, 0.717) is 24.1 Å². The third-order valence-corrected chi connectivity index (χ3v) is 7.54. The molecule has 1 aliphatic heterocycles.